The molecule has 4 nitrogen and oxygen atoms in total. The highest BCUT2D eigenvalue weighted by atomic mass is 28.4. The second-order valence-electron chi connectivity index (χ2n) is 11.0. The van der Waals surface area contributed by atoms with Crippen molar-refractivity contribution in [2.45, 2.75) is 102 Å². The van der Waals surface area contributed by atoms with E-state index in [1.54, 1.807) is 6.08 Å². The molecule has 28 heavy (non-hydrogen) atoms. The fourth-order valence-electron chi connectivity index (χ4n) is 2.91. The Balaban J connectivity index is 3.39. The van der Waals surface area contributed by atoms with E-state index in [2.05, 4.69) is 80.9 Å². The number of carbonyl (C=O) groups is 1. The fourth-order valence-corrected chi connectivity index (χ4v) is 5.45. The van der Waals surface area contributed by atoms with Crippen molar-refractivity contribution in [2.24, 2.45) is 0 Å². The van der Waals surface area contributed by atoms with Crippen molar-refractivity contribution in [2.75, 3.05) is 6.54 Å². The van der Waals surface area contributed by atoms with Crippen molar-refractivity contribution in [3.05, 3.63) is 25.3 Å². The standard InChI is InChI=1S/C22H43NO3Si2/c1-13-15-17-18(25-27(9,10)21(3,4)5)19(20(24)23(17)16-14-2)26-28(11,12)22(6,7)8/h13-14,17-19H,1-2,15-16H2,3-12H3/t17-,18+,19-/m0/s1. The summed E-state index contributed by atoms with van der Waals surface area (Å²) in [5.74, 6) is 0.0280. The van der Waals surface area contributed by atoms with E-state index >= 15 is 0 Å². The molecule has 0 spiro atoms. The third kappa shape index (κ3) is 5.26. The molecular weight excluding hydrogens is 382 g/mol. The van der Waals surface area contributed by atoms with Crippen molar-refractivity contribution in [3.63, 3.8) is 0 Å². The Labute approximate surface area is 175 Å². The van der Waals surface area contributed by atoms with Gasteiger partial charge in [0.15, 0.2) is 22.7 Å². The molecule has 1 fully saturated rings. The van der Waals surface area contributed by atoms with Crippen LogP contribution in [0.25, 0.3) is 0 Å². The average Bonchev–Trinajstić information content (AvgIpc) is 2.71. The summed E-state index contributed by atoms with van der Waals surface area (Å²) in [6, 6.07) is -0.0631. The quantitative estimate of drug-likeness (QED) is 0.367. The molecule has 1 aliphatic rings. The number of carbonyl (C=O) groups excluding carboxylic acids is 1. The fraction of sp³-hybridized carbons (Fsp3) is 0.773. The summed E-state index contributed by atoms with van der Waals surface area (Å²) in [5.41, 5.74) is 0. The molecule has 6 heteroatoms. The first-order valence-electron chi connectivity index (χ1n) is 10.4. The first kappa shape index (κ1) is 25.3. The summed E-state index contributed by atoms with van der Waals surface area (Å²) in [7, 11) is -4.23. The third-order valence-corrected chi connectivity index (χ3v) is 15.7. The molecule has 0 aromatic carbocycles. The second kappa shape index (κ2) is 8.58. The highest BCUT2D eigenvalue weighted by Gasteiger charge is 2.54. The zero-order chi connectivity index (χ0) is 22.1. The molecule has 0 bridgehead atoms. The van der Waals surface area contributed by atoms with Crippen LogP contribution in [-0.4, -0.2) is 52.2 Å². The summed E-state index contributed by atoms with van der Waals surface area (Å²) in [6.45, 7) is 30.4. The van der Waals surface area contributed by atoms with Crippen LogP contribution in [0.15, 0.2) is 25.3 Å². The van der Waals surface area contributed by atoms with Gasteiger partial charge in [-0.2, -0.15) is 0 Å². The highest BCUT2D eigenvalue weighted by Crippen LogP contribution is 2.43. The summed E-state index contributed by atoms with van der Waals surface area (Å²) in [4.78, 5) is 15.3. The van der Waals surface area contributed by atoms with Crippen molar-refractivity contribution in [1.29, 1.82) is 0 Å². The van der Waals surface area contributed by atoms with E-state index in [-0.39, 0.29) is 28.1 Å². The lowest BCUT2D eigenvalue weighted by Gasteiger charge is -2.43. The third-order valence-electron chi connectivity index (χ3n) is 6.80. The Morgan fingerprint density at radius 3 is 1.79 bits per heavy atom. The normalized spacial score (nSPS) is 24.6. The zero-order valence-electron chi connectivity index (χ0n) is 19.9. The molecule has 0 saturated carbocycles. The SMILES string of the molecule is C=CC[C@H]1[C@@H](O[Si](C)(C)C(C)(C)C)[C@H](O[Si](C)(C)C(C)(C)C)C(=O)N1CC=C. The molecular formula is C22H43NO3Si2. The predicted octanol–water partition coefficient (Wildman–Crippen LogP) is 5.74. The van der Waals surface area contributed by atoms with Crippen LogP contribution in [0.5, 0.6) is 0 Å². The molecule has 0 unspecified atom stereocenters. The largest absolute Gasteiger partial charge is 0.409 e. The topological polar surface area (TPSA) is 38.8 Å². The van der Waals surface area contributed by atoms with Crippen molar-refractivity contribution < 1.29 is 13.6 Å². The van der Waals surface area contributed by atoms with Gasteiger partial charge >= 0.3 is 0 Å². The first-order valence-corrected chi connectivity index (χ1v) is 16.2. The van der Waals surface area contributed by atoms with E-state index in [1.165, 1.54) is 0 Å². The first-order chi connectivity index (χ1) is 12.5. The maximum absolute atomic E-state index is 13.4. The molecule has 0 aromatic rings. The summed E-state index contributed by atoms with van der Waals surface area (Å²) in [5, 5.41) is 0.0801. The Morgan fingerprint density at radius 1 is 0.929 bits per heavy atom. The summed E-state index contributed by atoms with van der Waals surface area (Å²) in [6.07, 6.45) is 3.52. The molecule has 3 atom stereocenters. The predicted molar refractivity (Wildman–Crippen MR) is 125 cm³/mol. The molecule has 1 rings (SSSR count). The number of hydrogen-bond acceptors (Lipinski definition) is 3. The molecule has 0 N–H and O–H groups in total. The van der Waals surface area contributed by atoms with Gasteiger partial charge in [-0.25, -0.2) is 0 Å². The van der Waals surface area contributed by atoms with Crippen LogP contribution in [-0.2, 0) is 13.6 Å². The van der Waals surface area contributed by atoms with Crippen LogP contribution in [0, 0.1) is 0 Å². The van der Waals surface area contributed by atoms with Crippen LogP contribution in [0.4, 0.5) is 0 Å². The highest BCUT2D eigenvalue weighted by molar-refractivity contribution is 6.74. The Morgan fingerprint density at radius 2 is 1.39 bits per heavy atom. The Bertz CT molecular complexity index is 588. The molecule has 0 radical (unpaired) electrons. The van der Waals surface area contributed by atoms with Gasteiger partial charge in [-0.15, -0.1) is 13.2 Å². The van der Waals surface area contributed by atoms with E-state index in [1.807, 2.05) is 11.0 Å². The van der Waals surface area contributed by atoms with Gasteiger partial charge in [0.25, 0.3) is 5.91 Å². The maximum atomic E-state index is 13.4. The number of likely N-dealkylation sites (tertiary alicyclic amines) is 1. The van der Waals surface area contributed by atoms with Gasteiger partial charge in [0.1, 0.15) is 0 Å². The number of hydrogen-bond donors (Lipinski definition) is 0. The Hall–Kier alpha value is -0.696. The monoisotopic (exact) mass is 425 g/mol. The number of nitrogens with zero attached hydrogens (tertiary/aromatic N) is 1. The van der Waals surface area contributed by atoms with Crippen LogP contribution >= 0.6 is 0 Å². The minimum absolute atomic E-state index is 0.0224. The van der Waals surface area contributed by atoms with E-state index in [9.17, 15) is 4.79 Å². The Kier molecular flexibility index (Phi) is 7.77. The smallest absolute Gasteiger partial charge is 0.253 e. The molecule has 1 aliphatic heterocycles. The van der Waals surface area contributed by atoms with Gasteiger partial charge in [-0.05, 0) is 42.7 Å². The number of rotatable bonds is 8. The van der Waals surface area contributed by atoms with E-state index in [0.717, 1.165) is 0 Å². The van der Waals surface area contributed by atoms with Crippen LogP contribution in [0.2, 0.25) is 36.3 Å². The zero-order valence-corrected chi connectivity index (χ0v) is 21.9. The van der Waals surface area contributed by atoms with Gasteiger partial charge in [0.05, 0.1) is 12.1 Å². The van der Waals surface area contributed by atoms with Crippen LogP contribution in [0.3, 0.4) is 0 Å². The molecule has 1 saturated heterocycles. The molecule has 0 aromatic heterocycles. The van der Waals surface area contributed by atoms with Gasteiger partial charge in [-0.3, -0.25) is 4.79 Å². The molecule has 1 amide bonds. The van der Waals surface area contributed by atoms with Crippen LogP contribution in [0.1, 0.15) is 48.0 Å². The van der Waals surface area contributed by atoms with Crippen molar-refractivity contribution in [3.8, 4) is 0 Å². The van der Waals surface area contributed by atoms with Gasteiger partial charge < -0.3 is 13.8 Å². The van der Waals surface area contributed by atoms with Gasteiger partial charge in [0.2, 0.25) is 0 Å². The van der Waals surface area contributed by atoms with Crippen molar-refractivity contribution >= 4 is 22.5 Å². The van der Waals surface area contributed by atoms with Gasteiger partial charge in [0, 0.05) is 6.54 Å². The molecule has 0 aliphatic carbocycles. The molecule has 1 heterocycles. The lowest BCUT2D eigenvalue weighted by atomic mass is 10.1. The van der Waals surface area contributed by atoms with E-state index in [4.69, 9.17) is 8.85 Å². The molecule has 162 valence electrons. The number of amides is 1. The van der Waals surface area contributed by atoms with E-state index < -0.39 is 22.7 Å². The lowest BCUT2D eigenvalue weighted by molar-refractivity contribution is -0.134. The second-order valence-corrected chi connectivity index (χ2v) is 20.5. The lowest BCUT2D eigenvalue weighted by Crippen LogP contribution is -2.53. The van der Waals surface area contributed by atoms with Gasteiger partial charge in [-0.1, -0.05) is 53.7 Å². The van der Waals surface area contributed by atoms with Crippen molar-refractivity contribution in [1.82, 2.24) is 4.90 Å². The minimum Gasteiger partial charge on any atom is -0.409 e. The maximum Gasteiger partial charge on any atom is 0.253 e. The average molecular weight is 426 g/mol. The minimum atomic E-state index is -2.14. The summed E-state index contributed by atoms with van der Waals surface area (Å²) < 4.78 is 13.5. The summed E-state index contributed by atoms with van der Waals surface area (Å²) >= 11 is 0. The van der Waals surface area contributed by atoms with E-state index in [0.29, 0.717) is 13.0 Å². The van der Waals surface area contributed by atoms with Crippen LogP contribution < -0.4 is 0 Å².